The minimum atomic E-state index is -3.63. The van der Waals surface area contributed by atoms with Gasteiger partial charge in [0.15, 0.2) is 0 Å². The van der Waals surface area contributed by atoms with E-state index in [9.17, 15) is 8.42 Å². The Morgan fingerprint density at radius 3 is 2.95 bits per heavy atom. The third-order valence-corrected chi connectivity index (χ3v) is 4.93. The number of nitrogens with one attached hydrogen (secondary N) is 2. The van der Waals surface area contributed by atoms with Crippen LogP contribution in [0.2, 0.25) is 0 Å². The fourth-order valence-corrected chi connectivity index (χ4v) is 3.87. The third-order valence-electron chi connectivity index (χ3n) is 3.26. The zero-order valence-corrected chi connectivity index (χ0v) is 12.7. The number of hydrogen-bond acceptors (Lipinski definition) is 5. The zero-order chi connectivity index (χ0) is 14.6. The summed E-state index contributed by atoms with van der Waals surface area (Å²) in [6.45, 7) is 5.51. The topological polar surface area (TPSA) is 80.3 Å². The first-order chi connectivity index (χ1) is 9.47. The van der Waals surface area contributed by atoms with E-state index in [0.29, 0.717) is 25.4 Å². The largest absolute Gasteiger partial charge is 0.384 e. The smallest absolute Gasteiger partial charge is 0.244 e. The quantitative estimate of drug-likeness (QED) is 0.858. The van der Waals surface area contributed by atoms with Crippen molar-refractivity contribution >= 4 is 15.7 Å². The van der Waals surface area contributed by atoms with Crippen molar-refractivity contribution in [2.45, 2.75) is 37.1 Å². The molecule has 1 aliphatic rings. The van der Waals surface area contributed by atoms with Gasteiger partial charge in [-0.05, 0) is 32.8 Å². The Labute approximate surface area is 120 Å². The molecule has 1 aromatic rings. The molecule has 0 amide bonds. The van der Waals surface area contributed by atoms with Gasteiger partial charge in [0.05, 0.1) is 17.8 Å². The van der Waals surface area contributed by atoms with E-state index < -0.39 is 15.6 Å². The fourth-order valence-electron chi connectivity index (χ4n) is 2.32. The van der Waals surface area contributed by atoms with Crippen LogP contribution in [0, 0.1) is 0 Å². The SMILES string of the molecule is CCNc1ccncc1S(=O)(=O)NC1(C)CCCOC1. The molecule has 20 heavy (non-hydrogen) atoms. The summed E-state index contributed by atoms with van der Waals surface area (Å²) in [5, 5.41) is 3.04. The maximum Gasteiger partial charge on any atom is 0.244 e. The summed E-state index contributed by atoms with van der Waals surface area (Å²) >= 11 is 0. The summed E-state index contributed by atoms with van der Waals surface area (Å²) < 4.78 is 33.2. The van der Waals surface area contributed by atoms with Crippen LogP contribution in [0.1, 0.15) is 26.7 Å². The molecule has 1 unspecified atom stereocenters. The van der Waals surface area contributed by atoms with Crippen LogP contribution >= 0.6 is 0 Å². The minimum Gasteiger partial charge on any atom is -0.384 e. The first-order valence-corrected chi connectivity index (χ1v) is 8.25. The van der Waals surface area contributed by atoms with Crippen LogP contribution in [0.5, 0.6) is 0 Å². The van der Waals surface area contributed by atoms with Crippen molar-refractivity contribution < 1.29 is 13.2 Å². The molecule has 1 saturated heterocycles. The summed E-state index contributed by atoms with van der Waals surface area (Å²) in [6.07, 6.45) is 4.56. The van der Waals surface area contributed by atoms with E-state index in [0.717, 1.165) is 12.8 Å². The lowest BCUT2D eigenvalue weighted by Crippen LogP contribution is -2.51. The Hall–Kier alpha value is -1.18. The third kappa shape index (κ3) is 3.47. The molecule has 0 spiro atoms. The number of sulfonamides is 1. The fraction of sp³-hybridized carbons (Fsp3) is 0.615. The lowest BCUT2D eigenvalue weighted by molar-refractivity contribution is 0.0386. The van der Waals surface area contributed by atoms with Crippen LogP contribution < -0.4 is 10.0 Å². The van der Waals surface area contributed by atoms with E-state index in [-0.39, 0.29) is 4.90 Å². The molecule has 0 bridgehead atoms. The van der Waals surface area contributed by atoms with Crippen molar-refractivity contribution in [1.82, 2.24) is 9.71 Å². The molecule has 0 radical (unpaired) electrons. The van der Waals surface area contributed by atoms with Crippen molar-refractivity contribution in [3.8, 4) is 0 Å². The predicted molar refractivity (Wildman–Crippen MR) is 77.2 cm³/mol. The van der Waals surface area contributed by atoms with E-state index in [1.807, 2.05) is 13.8 Å². The molecule has 112 valence electrons. The molecule has 1 aromatic heterocycles. The maximum absolute atomic E-state index is 12.6. The molecule has 1 fully saturated rings. The number of anilines is 1. The average Bonchev–Trinajstić information content (AvgIpc) is 2.39. The van der Waals surface area contributed by atoms with Gasteiger partial charge in [-0.1, -0.05) is 0 Å². The molecule has 7 heteroatoms. The Kier molecular flexibility index (Phi) is 4.62. The molecule has 6 nitrogen and oxygen atoms in total. The number of pyridine rings is 1. The molecule has 2 N–H and O–H groups in total. The van der Waals surface area contributed by atoms with Crippen LogP contribution in [-0.4, -0.2) is 38.7 Å². The summed E-state index contributed by atoms with van der Waals surface area (Å²) in [5.74, 6) is 0. The van der Waals surface area contributed by atoms with Crippen molar-refractivity contribution in [2.75, 3.05) is 25.1 Å². The first kappa shape index (κ1) is 15.2. The summed E-state index contributed by atoms with van der Waals surface area (Å²) in [7, 11) is -3.63. The lowest BCUT2D eigenvalue weighted by atomic mass is 9.97. The number of aromatic nitrogens is 1. The van der Waals surface area contributed by atoms with Crippen LogP contribution in [0.3, 0.4) is 0 Å². The van der Waals surface area contributed by atoms with Crippen molar-refractivity contribution in [1.29, 1.82) is 0 Å². The highest BCUT2D eigenvalue weighted by atomic mass is 32.2. The molecular weight excluding hydrogens is 278 g/mol. The van der Waals surface area contributed by atoms with E-state index in [1.165, 1.54) is 6.20 Å². The minimum absolute atomic E-state index is 0.175. The normalized spacial score (nSPS) is 23.5. The monoisotopic (exact) mass is 299 g/mol. The zero-order valence-electron chi connectivity index (χ0n) is 11.8. The standard InChI is InChI=1S/C13H21N3O3S/c1-3-15-11-5-7-14-9-12(11)20(17,18)16-13(2)6-4-8-19-10-13/h5,7,9,16H,3-4,6,8,10H2,1-2H3,(H,14,15). The predicted octanol–water partition coefficient (Wildman–Crippen LogP) is 1.36. The van der Waals surface area contributed by atoms with E-state index >= 15 is 0 Å². The van der Waals surface area contributed by atoms with Gasteiger partial charge in [-0.25, -0.2) is 13.1 Å². The van der Waals surface area contributed by atoms with Crippen LogP contribution in [0.25, 0.3) is 0 Å². The van der Waals surface area contributed by atoms with E-state index in [4.69, 9.17) is 4.74 Å². The molecule has 2 heterocycles. The second-order valence-electron chi connectivity index (χ2n) is 5.22. The molecule has 0 saturated carbocycles. The maximum atomic E-state index is 12.6. The summed E-state index contributed by atoms with van der Waals surface area (Å²) in [5.41, 5.74) is 0.00600. The van der Waals surface area contributed by atoms with Crippen LogP contribution in [0.4, 0.5) is 5.69 Å². The van der Waals surface area contributed by atoms with Gasteiger partial charge in [0, 0.05) is 25.5 Å². The second kappa shape index (κ2) is 6.07. The Morgan fingerprint density at radius 1 is 1.50 bits per heavy atom. The molecule has 2 rings (SSSR count). The number of ether oxygens (including phenoxy) is 1. The Balaban J connectivity index is 2.26. The number of hydrogen-bond donors (Lipinski definition) is 2. The van der Waals surface area contributed by atoms with Gasteiger partial charge >= 0.3 is 0 Å². The van der Waals surface area contributed by atoms with Crippen molar-refractivity contribution in [3.63, 3.8) is 0 Å². The highest BCUT2D eigenvalue weighted by molar-refractivity contribution is 7.89. The lowest BCUT2D eigenvalue weighted by Gasteiger charge is -2.34. The number of rotatable bonds is 5. The highest BCUT2D eigenvalue weighted by Gasteiger charge is 2.33. The van der Waals surface area contributed by atoms with E-state index in [1.54, 1.807) is 12.3 Å². The first-order valence-electron chi connectivity index (χ1n) is 6.76. The summed E-state index contributed by atoms with van der Waals surface area (Å²) in [4.78, 5) is 4.09. The Morgan fingerprint density at radius 2 is 2.30 bits per heavy atom. The van der Waals surface area contributed by atoms with Crippen molar-refractivity contribution in [3.05, 3.63) is 18.5 Å². The van der Waals surface area contributed by atoms with Gasteiger partial charge in [-0.2, -0.15) is 0 Å². The van der Waals surface area contributed by atoms with Gasteiger partial charge in [-0.3, -0.25) is 4.98 Å². The van der Waals surface area contributed by atoms with Crippen molar-refractivity contribution in [2.24, 2.45) is 0 Å². The van der Waals surface area contributed by atoms with Gasteiger partial charge in [-0.15, -0.1) is 0 Å². The van der Waals surface area contributed by atoms with Crippen LogP contribution in [0.15, 0.2) is 23.4 Å². The van der Waals surface area contributed by atoms with Gasteiger partial charge in [0.25, 0.3) is 0 Å². The molecule has 1 atom stereocenters. The van der Waals surface area contributed by atoms with Crippen LogP contribution in [-0.2, 0) is 14.8 Å². The molecule has 0 aromatic carbocycles. The molecule has 0 aliphatic carbocycles. The highest BCUT2D eigenvalue weighted by Crippen LogP contribution is 2.24. The number of nitrogens with zero attached hydrogens (tertiary/aromatic N) is 1. The summed E-state index contributed by atoms with van der Waals surface area (Å²) in [6, 6.07) is 1.66. The average molecular weight is 299 g/mol. The Bertz CT molecular complexity index is 554. The second-order valence-corrected chi connectivity index (χ2v) is 6.88. The van der Waals surface area contributed by atoms with Gasteiger partial charge in [0.1, 0.15) is 4.90 Å². The molecular formula is C13H21N3O3S. The molecule has 1 aliphatic heterocycles. The van der Waals surface area contributed by atoms with E-state index in [2.05, 4.69) is 15.0 Å². The van der Waals surface area contributed by atoms with Gasteiger partial charge in [0.2, 0.25) is 10.0 Å². The van der Waals surface area contributed by atoms with Gasteiger partial charge < -0.3 is 10.1 Å².